The number of halogens is 3. The molecule has 0 aliphatic heterocycles. The number of carbonyl (C=O) groups is 2. The molecule has 7 heteroatoms. The van der Waals surface area contributed by atoms with Crippen LogP contribution in [0, 0.1) is 11.6 Å². The number of rotatable bonds is 4. The minimum atomic E-state index is -0.989. The molecular formula is C13H14BrF2NO3. The molecule has 20 heavy (non-hydrogen) atoms. The van der Waals surface area contributed by atoms with E-state index in [0.29, 0.717) is 0 Å². The average molecular weight is 350 g/mol. The summed E-state index contributed by atoms with van der Waals surface area (Å²) in [6, 6.07) is 1.57. The number of methoxy groups -OCH3 is 1. The average Bonchev–Trinajstić information content (AvgIpc) is 2.33. The van der Waals surface area contributed by atoms with Gasteiger partial charge in [0.1, 0.15) is 23.7 Å². The molecule has 0 atom stereocenters. The highest BCUT2D eigenvalue weighted by Gasteiger charge is 2.27. The summed E-state index contributed by atoms with van der Waals surface area (Å²) in [6.45, 7) is 2.90. The monoisotopic (exact) mass is 349 g/mol. The number of amides is 1. The SMILES string of the molecule is COC(=O)CN(C(=O)c1c(F)cc(Br)cc1F)C(C)C. The summed E-state index contributed by atoms with van der Waals surface area (Å²) in [5, 5.41) is 0. The normalized spacial score (nSPS) is 10.6. The summed E-state index contributed by atoms with van der Waals surface area (Å²) in [7, 11) is 1.17. The van der Waals surface area contributed by atoms with Crippen molar-refractivity contribution in [1.82, 2.24) is 4.90 Å². The fraction of sp³-hybridized carbons (Fsp3) is 0.385. The Hall–Kier alpha value is -1.50. The molecule has 0 aliphatic rings. The van der Waals surface area contributed by atoms with Gasteiger partial charge in [-0.25, -0.2) is 8.78 Å². The predicted octanol–water partition coefficient (Wildman–Crippen LogP) is 2.75. The smallest absolute Gasteiger partial charge is 0.325 e. The number of nitrogens with zero attached hydrogens (tertiary/aromatic N) is 1. The molecule has 0 fully saturated rings. The van der Waals surface area contributed by atoms with Gasteiger partial charge in [0.15, 0.2) is 0 Å². The molecule has 0 spiro atoms. The summed E-state index contributed by atoms with van der Waals surface area (Å²) < 4.78 is 32.2. The van der Waals surface area contributed by atoms with Gasteiger partial charge in [0, 0.05) is 10.5 Å². The predicted molar refractivity (Wildman–Crippen MR) is 72.2 cm³/mol. The minimum Gasteiger partial charge on any atom is -0.468 e. The zero-order chi connectivity index (χ0) is 15.4. The Bertz CT molecular complexity index is 511. The Morgan fingerprint density at radius 1 is 1.30 bits per heavy atom. The number of hydrogen-bond acceptors (Lipinski definition) is 3. The standard InChI is InChI=1S/C13H14BrF2NO3/c1-7(2)17(6-11(18)20-3)13(19)12-9(15)4-8(14)5-10(12)16/h4-5,7H,6H2,1-3H3. The van der Waals surface area contributed by atoms with E-state index in [0.717, 1.165) is 17.0 Å². The van der Waals surface area contributed by atoms with Crippen LogP contribution in [0.3, 0.4) is 0 Å². The lowest BCUT2D eigenvalue weighted by molar-refractivity contribution is -0.141. The van der Waals surface area contributed by atoms with E-state index < -0.39 is 35.1 Å². The summed E-state index contributed by atoms with van der Waals surface area (Å²) in [5.74, 6) is -3.53. The van der Waals surface area contributed by atoms with Crippen molar-refractivity contribution in [2.24, 2.45) is 0 Å². The van der Waals surface area contributed by atoms with Crippen molar-refractivity contribution in [3.8, 4) is 0 Å². The van der Waals surface area contributed by atoms with Crippen LogP contribution in [0.5, 0.6) is 0 Å². The van der Waals surface area contributed by atoms with E-state index in [1.165, 1.54) is 7.11 Å². The topological polar surface area (TPSA) is 46.6 Å². The van der Waals surface area contributed by atoms with Gasteiger partial charge < -0.3 is 9.64 Å². The highest BCUT2D eigenvalue weighted by Crippen LogP contribution is 2.21. The summed E-state index contributed by atoms with van der Waals surface area (Å²) in [6.07, 6.45) is 0. The Kier molecular flexibility index (Phi) is 5.62. The van der Waals surface area contributed by atoms with E-state index in [9.17, 15) is 18.4 Å². The molecule has 0 bridgehead atoms. The van der Waals surface area contributed by atoms with Crippen LogP contribution >= 0.6 is 15.9 Å². The maximum atomic E-state index is 13.8. The highest BCUT2D eigenvalue weighted by atomic mass is 79.9. The second-order valence-corrected chi connectivity index (χ2v) is 5.26. The Balaban J connectivity index is 3.16. The van der Waals surface area contributed by atoms with Crippen molar-refractivity contribution < 1.29 is 23.1 Å². The Morgan fingerprint density at radius 2 is 1.80 bits per heavy atom. The molecule has 0 aliphatic carbocycles. The first-order valence-corrected chi connectivity index (χ1v) is 6.59. The maximum Gasteiger partial charge on any atom is 0.325 e. The second kappa shape index (κ2) is 6.78. The second-order valence-electron chi connectivity index (χ2n) is 4.35. The van der Waals surface area contributed by atoms with E-state index >= 15 is 0 Å². The quantitative estimate of drug-likeness (QED) is 0.785. The molecule has 0 heterocycles. The zero-order valence-electron chi connectivity index (χ0n) is 11.2. The molecule has 1 aromatic rings. The van der Waals surface area contributed by atoms with Crippen LogP contribution in [0.15, 0.2) is 16.6 Å². The maximum absolute atomic E-state index is 13.8. The molecular weight excluding hydrogens is 336 g/mol. The van der Waals surface area contributed by atoms with Gasteiger partial charge in [0.25, 0.3) is 5.91 Å². The lowest BCUT2D eigenvalue weighted by Crippen LogP contribution is -2.41. The van der Waals surface area contributed by atoms with Gasteiger partial charge in [-0.15, -0.1) is 0 Å². The third-order valence-corrected chi connectivity index (χ3v) is 3.09. The molecule has 0 saturated heterocycles. The highest BCUT2D eigenvalue weighted by molar-refractivity contribution is 9.10. The molecule has 0 unspecified atom stereocenters. The van der Waals surface area contributed by atoms with Gasteiger partial charge in [-0.2, -0.15) is 0 Å². The number of ether oxygens (including phenoxy) is 1. The van der Waals surface area contributed by atoms with Crippen molar-refractivity contribution in [3.05, 3.63) is 33.8 Å². The Morgan fingerprint density at radius 3 is 2.20 bits per heavy atom. The summed E-state index contributed by atoms with van der Waals surface area (Å²) in [4.78, 5) is 24.5. The Labute approximate surface area is 123 Å². The molecule has 0 aromatic heterocycles. The number of benzene rings is 1. The van der Waals surface area contributed by atoms with Crippen LogP contribution in [0.4, 0.5) is 8.78 Å². The van der Waals surface area contributed by atoms with Crippen molar-refractivity contribution in [3.63, 3.8) is 0 Å². The van der Waals surface area contributed by atoms with Gasteiger partial charge in [0.2, 0.25) is 0 Å². The lowest BCUT2D eigenvalue weighted by atomic mass is 10.1. The minimum absolute atomic E-state index is 0.188. The first kappa shape index (κ1) is 16.6. The molecule has 4 nitrogen and oxygen atoms in total. The van der Waals surface area contributed by atoms with E-state index in [4.69, 9.17) is 0 Å². The van der Waals surface area contributed by atoms with Crippen LogP contribution < -0.4 is 0 Å². The third-order valence-electron chi connectivity index (χ3n) is 2.63. The summed E-state index contributed by atoms with van der Waals surface area (Å²) in [5.41, 5.74) is -0.689. The van der Waals surface area contributed by atoms with Crippen molar-refractivity contribution in [1.29, 1.82) is 0 Å². The number of hydrogen-bond donors (Lipinski definition) is 0. The number of carbonyl (C=O) groups excluding carboxylic acids is 2. The van der Waals surface area contributed by atoms with Crippen molar-refractivity contribution >= 4 is 27.8 Å². The van der Waals surface area contributed by atoms with E-state index in [1.54, 1.807) is 13.8 Å². The van der Waals surface area contributed by atoms with Gasteiger partial charge >= 0.3 is 5.97 Å². The molecule has 1 rings (SSSR count). The molecule has 0 saturated carbocycles. The fourth-order valence-electron chi connectivity index (χ4n) is 1.58. The van der Waals surface area contributed by atoms with Gasteiger partial charge in [-0.1, -0.05) is 15.9 Å². The van der Waals surface area contributed by atoms with Crippen LogP contribution in [-0.4, -0.2) is 36.5 Å². The molecule has 0 N–H and O–H groups in total. The fourth-order valence-corrected chi connectivity index (χ4v) is 1.98. The molecule has 1 aromatic carbocycles. The van der Waals surface area contributed by atoms with Crippen LogP contribution in [0.1, 0.15) is 24.2 Å². The first-order chi connectivity index (χ1) is 9.27. The molecule has 1 amide bonds. The van der Waals surface area contributed by atoms with Crippen molar-refractivity contribution in [2.45, 2.75) is 19.9 Å². The van der Waals surface area contributed by atoms with Crippen molar-refractivity contribution in [2.75, 3.05) is 13.7 Å². The van der Waals surface area contributed by atoms with Gasteiger partial charge in [0.05, 0.1) is 7.11 Å². The molecule has 0 radical (unpaired) electrons. The van der Waals surface area contributed by atoms with E-state index in [1.807, 2.05) is 0 Å². The summed E-state index contributed by atoms with van der Waals surface area (Å²) >= 11 is 2.93. The van der Waals surface area contributed by atoms with Crippen LogP contribution in [0.25, 0.3) is 0 Å². The third kappa shape index (κ3) is 3.75. The number of esters is 1. The van der Waals surface area contributed by atoms with E-state index in [-0.39, 0.29) is 11.0 Å². The van der Waals surface area contributed by atoms with Gasteiger partial charge in [-0.3, -0.25) is 9.59 Å². The largest absolute Gasteiger partial charge is 0.468 e. The van der Waals surface area contributed by atoms with E-state index in [2.05, 4.69) is 20.7 Å². The molecule has 110 valence electrons. The lowest BCUT2D eigenvalue weighted by Gasteiger charge is -2.25. The zero-order valence-corrected chi connectivity index (χ0v) is 12.8. The van der Waals surface area contributed by atoms with Crippen LogP contribution in [-0.2, 0) is 9.53 Å². The van der Waals surface area contributed by atoms with Gasteiger partial charge in [-0.05, 0) is 26.0 Å². The van der Waals surface area contributed by atoms with Crippen LogP contribution in [0.2, 0.25) is 0 Å². The first-order valence-electron chi connectivity index (χ1n) is 5.80.